The van der Waals surface area contributed by atoms with Gasteiger partial charge in [0.2, 0.25) is 0 Å². The fourth-order valence-corrected chi connectivity index (χ4v) is 2.67. The first-order valence-electron chi connectivity index (χ1n) is 7.89. The molecule has 0 spiro atoms. The second-order valence-corrected chi connectivity index (χ2v) is 5.86. The Kier molecular flexibility index (Phi) is 5.52. The lowest BCUT2D eigenvalue weighted by Crippen LogP contribution is -2.13. The molecule has 1 amide bonds. The molecule has 0 bridgehead atoms. The lowest BCUT2D eigenvalue weighted by molar-refractivity contribution is 0.101. The number of hydrogen-bond acceptors (Lipinski definition) is 6. The van der Waals surface area contributed by atoms with Crippen LogP contribution in [0.15, 0.2) is 47.0 Å². The lowest BCUT2D eigenvalue weighted by atomic mass is 10.1. The van der Waals surface area contributed by atoms with E-state index in [1.807, 2.05) is 18.2 Å². The maximum absolute atomic E-state index is 12.5. The van der Waals surface area contributed by atoms with Crippen LogP contribution in [0.25, 0.3) is 11.3 Å². The van der Waals surface area contributed by atoms with Crippen LogP contribution in [0, 0.1) is 0 Å². The molecule has 2 aromatic carbocycles. The largest absolute Gasteiger partial charge is 0.497 e. The van der Waals surface area contributed by atoms with Gasteiger partial charge in [0.15, 0.2) is 11.5 Å². The Balaban J connectivity index is 1.84. The molecule has 3 rings (SSSR count). The molecule has 0 aliphatic rings. The van der Waals surface area contributed by atoms with Gasteiger partial charge in [0, 0.05) is 23.8 Å². The van der Waals surface area contributed by atoms with Gasteiger partial charge >= 0.3 is 0 Å². The molecule has 0 fully saturated rings. The monoisotopic (exact) mass is 388 g/mol. The van der Waals surface area contributed by atoms with E-state index in [0.717, 1.165) is 5.56 Å². The predicted molar refractivity (Wildman–Crippen MR) is 101 cm³/mol. The Labute approximate surface area is 160 Å². The maximum Gasteiger partial charge on any atom is 0.277 e. The maximum atomic E-state index is 12.5. The van der Waals surface area contributed by atoms with Crippen LogP contribution in [0.1, 0.15) is 10.5 Å². The second kappa shape index (κ2) is 8.01. The van der Waals surface area contributed by atoms with E-state index in [1.165, 1.54) is 14.2 Å². The number of aromatic nitrogens is 1. The Hall–Kier alpha value is -3.19. The Morgan fingerprint density at radius 1 is 1.04 bits per heavy atom. The summed E-state index contributed by atoms with van der Waals surface area (Å²) in [6.07, 6.45) is 0. The van der Waals surface area contributed by atoms with Crippen LogP contribution in [0.4, 0.5) is 5.69 Å². The van der Waals surface area contributed by atoms with Gasteiger partial charge in [-0.2, -0.15) is 0 Å². The van der Waals surface area contributed by atoms with Crippen molar-refractivity contribution >= 4 is 23.2 Å². The topological polar surface area (TPSA) is 82.8 Å². The van der Waals surface area contributed by atoms with Crippen molar-refractivity contribution in [3.63, 3.8) is 0 Å². The van der Waals surface area contributed by atoms with Crippen molar-refractivity contribution in [2.75, 3.05) is 26.6 Å². The van der Waals surface area contributed by atoms with Crippen molar-refractivity contribution in [2.45, 2.75) is 0 Å². The predicted octanol–water partition coefficient (Wildman–Crippen LogP) is 4.27. The number of halogens is 1. The van der Waals surface area contributed by atoms with E-state index in [4.69, 9.17) is 30.3 Å². The van der Waals surface area contributed by atoms with Crippen molar-refractivity contribution < 1.29 is 23.5 Å². The molecule has 0 atom stereocenters. The zero-order valence-electron chi connectivity index (χ0n) is 14.9. The van der Waals surface area contributed by atoms with Crippen LogP contribution >= 0.6 is 11.6 Å². The molecular formula is C19H17ClN2O5. The van der Waals surface area contributed by atoms with E-state index in [1.54, 1.807) is 31.4 Å². The van der Waals surface area contributed by atoms with Gasteiger partial charge in [-0.25, -0.2) is 0 Å². The molecule has 0 aliphatic heterocycles. The number of nitrogens with zero attached hydrogens (tertiary/aromatic N) is 1. The number of benzene rings is 2. The number of hydrogen-bond donors (Lipinski definition) is 1. The third kappa shape index (κ3) is 3.98. The van der Waals surface area contributed by atoms with E-state index >= 15 is 0 Å². The zero-order valence-corrected chi connectivity index (χ0v) is 15.7. The summed E-state index contributed by atoms with van der Waals surface area (Å²) in [7, 11) is 4.54. The summed E-state index contributed by atoms with van der Waals surface area (Å²) in [5, 5.41) is 6.92. The van der Waals surface area contributed by atoms with Crippen molar-refractivity contribution in [3.05, 3.63) is 53.2 Å². The van der Waals surface area contributed by atoms with Gasteiger partial charge in [0.05, 0.1) is 32.0 Å². The van der Waals surface area contributed by atoms with Crippen molar-refractivity contribution in [1.29, 1.82) is 0 Å². The molecule has 0 aliphatic carbocycles. The number of rotatable bonds is 6. The number of ether oxygens (including phenoxy) is 3. The van der Waals surface area contributed by atoms with E-state index in [2.05, 4.69) is 10.5 Å². The van der Waals surface area contributed by atoms with Gasteiger partial charge < -0.3 is 24.1 Å². The average molecular weight is 389 g/mol. The first-order valence-corrected chi connectivity index (χ1v) is 8.27. The van der Waals surface area contributed by atoms with Gasteiger partial charge in [0.1, 0.15) is 17.2 Å². The summed E-state index contributed by atoms with van der Waals surface area (Å²) < 4.78 is 20.9. The number of carbonyl (C=O) groups excluding carboxylic acids is 1. The molecule has 1 aromatic heterocycles. The van der Waals surface area contributed by atoms with Crippen LogP contribution in [0.2, 0.25) is 5.02 Å². The SMILES string of the molecule is COc1cccc(-c2cc(C(=O)Nc3cc(OC)c(Cl)cc3OC)no2)c1. The highest BCUT2D eigenvalue weighted by Crippen LogP contribution is 2.36. The summed E-state index contributed by atoms with van der Waals surface area (Å²) >= 11 is 6.07. The van der Waals surface area contributed by atoms with Crippen molar-refractivity contribution in [3.8, 4) is 28.6 Å². The number of nitrogens with one attached hydrogen (secondary N) is 1. The lowest BCUT2D eigenvalue weighted by Gasteiger charge is -2.12. The average Bonchev–Trinajstić information content (AvgIpc) is 3.19. The summed E-state index contributed by atoms with van der Waals surface area (Å²) in [5.74, 6) is 1.46. The highest BCUT2D eigenvalue weighted by Gasteiger charge is 2.17. The second-order valence-electron chi connectivity index (χ2n) is 5.45. The van der Waals surface area contributed by atoms with E-state index in [9.17, 15) is 4.79 Å². The normalized spacial score (nSPS) is 10.4. The summed E-state index contributed by atoms with van der Waals surface area (Å²) in [5.41, 5.74) is 1.25. The van der Waals surface area contributed by atoms with Crippen LogP contribution < -0.4 is 19.5 Å². The highest BCUT2D eigenvalue weighted by atomic mass is 35.5. The highest BCUT2D eigenvalue weighted by molar-refractivity contribution is 6.32. The zero-order chi connectivity index (χ0) is 19.4. The number of methoxy groups -OCH3 is 3. The van der Waals surface area contributed by atoms with Crippen molar-refractivity contribution in [2.24, 2.45) is 0 Å². The third-order valence-electron chi connectivity index (χ3n) is 3.82. The molecule has 0 radical (unpaired) electrons. The van der Waals surface area contributed by atoms with Gasteiger partial charge in [-0.3, -0.25) is 4.79 Å². The smallest absolute Gasteiger partial charge is 0.277 e. The Bertz CT molecular complexity index is 970. The van der Waals surface area contributed by atoms with Crippen LogP contribution in [0.5, 0.6) is 17.2 Å². The van der Waals surface area contributed by atoms with E-state index in [0.29, 0.717) is 33.7 Å². The Morgan fingerprint density at radius 2 is 1.81 bits per heavy atom. The molecule has 0 saturated heterocycles. The number of anilines is 1. The first-order chi connectivity index (χ1) is 13.0. The fourth-order valence-electron chi connectivity index (χ4n) is 2.44. The Morgan fingerprint density at radius 3 is 2.52 bits per heavy atom. The fraction of sp³-hybridized carbons (Fsp3) is 0.158. The summed E-state index contributed by atoms with van der Waals surface area (Å²) in [6, 6.07) is 11.9. The summed E-state index contributed by atoms with van der Waals surface area (Å²) in [4.78, 5) is 12.5. The van der Waals surface area contributed by atoms with Crippen molar-refractivity contribution in [1.82, 2.24) is 5.16 Å². The first kappa shape index (κ1) is 18.6. The number of amides is 1. The van der Waals surface area contributed by atoms with Gasteiger partial charge in [-0.1, -0.05) is 28.9 Å². The molecule has 0 saturated carbocycles. The standard InChI is InChI=1S/C19H17ClN2O5/c1-24-12-6-4-5-11(7-12)16-10-15(22-27-16)19(23)21-14-9-17(25-2)13(20)8-18(14)26-3/h4-10H,1-3H3,(H,21,23). The molecule has 8 heteroatoms. The van der Waals surface area contributed by atoms with Crippen LogP contribution in [-0.4, -0.2) is 32.4 Å². The molecule has 1 heterocycles. The minimum Gasteiger partial charge on any atom is -0.497 e. The number of carbonyl (C=O) groups is 1. The molecule has 3 aromatic rings. The third-order valence-corrected chi connectivity index (χ3v) is 4.11. The quantitative estimate of drug-likeness (QED) is 0.678. The summed E-state index contributed by atoms with van der Waals surface area (Å²) in [6.45, 7) is 0. The van der Waals surface area contributed by atoms with Gasteiger partial charge in [-0.15, -0.1) is 0 Å². The molecule has 0 unspecified atom stereocenters. The molecule has 7 nitrogen and oxygen atoms in total. The molecule has 27 heavy (non-hydrogen) atoms. The minimum absolute atomic E-state index is 0.115. The van der Waals surface area contributed by atoms with E-state index in [-0.39, 0.29) is 5.69 Å². The van der Waals surface area contributed by atoms with E-state index < -0.39 is 5.91 Å². The molecular weight excluding hydrogens is 372 g/mol. The molecule has 140 valence electrons. The van der Waals surface area contributed by atoms with Crippen LogP contribution in [0.3, 0.4) is 0 Å². The van der Waals surface area contributed by atoms with Crippen LogP contribution in [-0.2, 0) is 0 Å². The minimum atomic E-state index is -0.462. The van der Waals surface area contributed by atoms with Gasteiger partial charge in [-0.05, 0) is 12.1 Å². The van der Waals surface area contributed by atoms with Gasteiger partial charge in [0.25, 0.3) is 5.91 Å². The molecule has 1 N–H and O–H groups in total.